The lowest BCUT2D eigenvalue weighted by atomic mass is 9.99. The number of hydrogen-bond acceptors (Lipinski definition) is 3. The Kier molecular flexibility index (Phi) is 3.97. The van der Waals surface area contributed by atoms with Crippen molar-refractivity contribution in [1.29, 1.82) is 0 Å². The second kappa shape index (κ2) is 6.64. The van der Waals surface area contributed by atoms with Gasteiger partial charge in [0.15, 0.2) is 0 Å². The van der Waals surface area contributed by atoms with Crippen LogP contribution in [0.3, 0.4) is 0 Å². The first-order chi connectivity index (χ1) is 13.7. The second-order valence-corrected chi connectivity index (χ2v) is 7.41. The predicted molar refractivity (Wildman–Crippen MR) is 114 cm³/mol. The molecule has 0 bridgehead atoms. The van der Waals surface area contributed by atoms with Gasteiger partial charge in [0.1, 0.15) is 5.65 Å². The molecule has 0 saturated carbocycles. The van der Waals surface area contributed by atoms with Crippen LogP contribution in [0.15, 0.2) is 78.0 Å². The van der Waals surface area contributed by atoms with E-state index in [1.165, 1.54) is 16.7 Å². The number of imidazole rings is 1. The van der Waals surface area contributed by atoms with E-state index in [1.807, 2.05) is 6.07 Å². The largest absolute Gasteiger partial charge is 0.301 e. The minimum atomic E-state index is 0.0864. The molecule has 4 nitrogen and oxygen atoms in total. The molecule has 28 heavy (non-hydrogen) atoms. The van der Waals surface area contributed by atoms with Crippen molar-refractivity contribution < 1.29 is 0 Å². The van der Waals surface area contributed by atoms with Crippen molar-refractivity contribution in [3.63, 3.8) is 0 Å². The Balaban J connectivity index is 1.59. The highest BCUT2D eigenvalue weighted by Gasteiger charge is 2.28. The number of hydrogen-bond donors (Lipinski definition) is 1. The average molecular weight is 366 g/mol. The van der Waals surface area contributed by atoms with Gasteiger partial charge in [-0.3, -0.25) is 0 Å². The van der Waals surface area contributed by atoms with E-state index in [0.717, 1.165) is 34.7 Å². The summed E-state index contributed by atoms with van der Waals surface area (Å²) in [7, 11) is 0. The summed E-state index contributed by atoms with van der Waals surface area (Å²) in [6.45, 7) is 4.21. The quantitative estimate of drug-likeness (QED) is 0.551. The summed E-state index contributed by atoms with van der Waals surface area (Å²) < 4.78 is 2.21. The SMILES string of the molecule is Cc1ccc(C2=NNC(c3c(-c4ccccc4)nc4c(C)cccn34)C2)cc1. The molecule has 0 saturated heterocycles. The Morgan fingerprint density at radius 2 is 1.68 bits per heavy atom. The highest BCUT2D eigenvalue weighted by molar-refractivity contribution is 6.02. The van der Waals surface area contributed by atoms with Crippen LogP contribution in [0.25, 0.3) is 16.9 Å². The fraction of sp³-hybridized carbons (Fsp3) is 0.167. The van der Waals surface area contributed by atoms with Crippen molar-refractivity contribution in [2.75, 3.05) is 0 Å². The summed E-state index contributed by atoms with van der Waals surface area (Å²) in [5, 5.41) is 4.66. The predicted octanol–water partition coefficient (Wildman–Crippen LogP) is 5.06. The highest BCUT2D eigenvalue weighted by atomic mass is 15.3. The Labute approximate surface area is 164 Å². The number of pyridine rings is 1. The zero-order valence-electron chi connectivity index (χ0n) is 16.1. The Morgan fingerprint density at radius 3 is 2.46 bits per heavy atom. The lowest BCUT2D eigenvalue weighted by Crippen LogP contribution is -2.13. The molecule has 5 rings (SSSR count). The van der Waals surface area contributed by atoms with Crippen molar-refractivity contribution >= 4 is 11.4 Å². The zero-order valence-corrected chi connectivity index (χ0v) is 16.1. The summed E-state index contributed by atoms with van der Waals surface area (Å²) >= 11 is 0. The van der Waals surface area contributed by atoms with Crippen molar-refractivity contribution in [3.05, 3.63) is 95.3 Å². The van der Waals surface area contributed by atoms with Crippen LogP contribution in [-0.4, -0.2) is 15.1 Å². The standard InChI is InChI=1S/C24H22N4/c1-16-10-12-18(13-11-16)20-15-21(27-26-20)23-22(19-8-4-3-5-9-19)25-24-17(2)7-6-14-28(23)24/h3-14,21,27H,15H2,1-2H3. The van der Waals surface area contributed by atoms with Crippen molar-refractivity contribution in [1.82, 2.24) is 14.8 Å². The lowest BCUT2D eigenvalue weighted by Gasteiger charge is -2.13. The van der Waals surface area contributed by atoms with Gasteiger partial charge >= 0.3 is 0 Å². The van der Waals surface area contributed by atoms with E-state index in [-0.39, 0.29) is 6.04 Å². The molecule has 3 heterocycles. The number of benzene rings is 2. The van der Waals surface area contributed by atoms with Crippen LogP contribution in [0.1, 0.15) is 34.8 Å². The van der Waals surface area contributed by atoms with Crippen LogP contribution >= 0.6 is 0 Å². The highest BCUT2D eigenvalue weighted by Crippen LogP contribution is 2.34. The van der Waals surface area contributed by atoms with Gasteiger partial charge in [-0.05, 0) is 31.0 Å². The summed E-state index contributed by atoms with van der Waals surface area (Å²) in [5.74, 6) is 0. The fourth-order valence-corrected chi connectivity index (χ4v) is 3.89. The number of hydrazone groups is 1. The van der Waals surface area contributed by atoms with Gasteiger partial charge in [0.25, 0.3) is 0 Å². The normalized spacial score (nSPS) is 16.2. The molecule has 1 aliphatic heterocycles. The van der Waals surface area contributed by atoms with E-state index >= 15 is 0 Å². The fourth-order valence-electron chi connectivity index (χ4n) is 3.89. The smallest absolute Gasteiger partial charge is 0.140 e. The first-order valence-electron chi connectivity index (χ1n) is 9.63. The van der Waals surface area contributed by atoms with E-state index in [1.54, 1.807) is 0 Å². The summed E-state index contributed by atoms with van der Waals surface area (Å²) in [5.41, 5.74) is 12.4. The molecule has 0 amide bonds. The minimum absolute atomic E-state index is 0.0864. The van der Waals surface area contributed by atoms with Crippen LogP contribution in [0.4, 0.5) is 0 Å². The Morgan fingerprint density at radius 1 is 0.893 bits per heavy atom. The monoisotopic (exact) mass is 366 g/mol. The molecule has 2 aromatic heterocycles. The molecule has 2 aromatic carbocycles. The van der Waals surface area contributed by atoms with Crippen LogP contribution in [0.2, 0.25) is 0 Å². The second-order valence-electron chi connectivity index (χ2n) is 7.41. The number of aryl methyl sites for hydroxylation is 2. The van der Waals surface area contributed by atoms with Crippen LogP contribution in [0.5, 0.6) is 0 Å². The van der Waals surface area contributed by atoms with Gasteiger partial charge in [0.05, 0.1) is 23.1 Å². The van der Waals surface area contributed by atoms with Gasteiger partial charge < -0.3 is 9.83 Å². The number of fused-ring (bicyclic) bond motifs is 1. The van der Waals surface area contributed by atoms with Crippen LogP contribution in [-0.2, 0) is 0 Å². The number of nitrogens with one attached hydrogen (secondary N) is 1. The Hall–Kier alpha value is -3.40. The molecular weight excluding hydrogens is 344 g/mol. The molecule has 4 heteroatoms. The molecule has 1 atom stereocenters. The average Bonchev–Trinajstić information content (AvgIpc) is 3.35. The third-order valence-electron chi connectivity index (χ3n) is 5.40. The maximum absolute atomic E-state index is 5.01. The summed E-state index contributed by atoms with van der Waals surface area (Å²) in [6.07, 6.45) is 2.94. The third kappa shape index (κ3) is 2.78. The maximum atomic E-state index is 5.01. The lowest BCUT2D eigenvalue weighted by molar-refractivity contribution is 0.599. The number of aromatic nitrogens is 2. The number of rotatable bonds is 3. The van der Waals surface area contributed by atoms with E-state index in [0.29, 0.717) is 0 Å². The molecule has 138 valence electrons. The van der Waals surface area contributed by atoms with E-state index in [2.05, 4.69) is 95.6 Å². The van der Waals surface area contributed by atoms with Gasteiger partial charge in [0, 0.05) is 18.2 Å². The van der Waals surface area contributed by atoms with Gasteiger partial charge in [-0.2, -0.15) is 5.10 Å². The van der Waals surface area contributed by atoms with Gasteiger partial charge in [-0.15, -0.1) is 0 Å². The molecule has 0 radical (unpaired) electrons. The minimum Gasteiger partial charge on any atom is -0.301 e. The van der Waals surface area contributed by atoms with Crippen LogP contribution in [0, 0.1) is 13.8 Å². The Bertz CT molecular complexity index is 1170. The van der Waals surface area contributed by atoms with Gasteiger partial charge in [0.2, 0.25) is 0 Å². The first-order valence-corrected chi connectivity index (χ1v) is 9.63. The summed E-state index contributed by atoms with van der Waals surface area (Å²) in [4.78, 5) is 5.01. The van der Waals surface area contributed by atoms with E-state index in [9.17, 15) is 0 Å². The van der Waals surface area contributed by atoms with Crippen molar-refractivity contribution in [2.45, 2.75) is 26.3 Å². The third-order valence-corrected chi connectivity index (χ3v) is 5.40. The zero-order chi connectivity index (χ0) is 19.1. The van der Waals surface area contributed by atoms with Gasteiger partial charge in [-0.25, -0.2) is 4.98 Å². The van der Waals surface area contributed by atoms with Crippen molar-refractivity contribution in [3.8, 4) is 11.3 Å². The van der Waals surface area contributed by atoms with E-state index in [4.69, 9.17) is 4.98 Å². The maximum Gasteiger partial charge on any atom is 0.140 e. The van der Waals surface area contributed by atoms with E-state index < -0.39 is 0 Å². The molecule has 0 fully saturated rings. The molecule has 0 aliphatic carbocycles. The molecular formula is C24H22N4. The molecule has 1 N–H and O–H groups in total. The number of nitrogens with zero attached hydrogens (tertiary/aromatic N) is 3. The first kappa shape index (κ1) is 16.8. The van der Waals surface area contributed by atoms with Crippen LogP contribution < -0.4 is 5.43 Å². The van der Waals surface area contributed by atoms with Crippen molar-refractivity contribution in [2.24, 2.45) is 5.10 Å². The topological polar surface area (TPSA) is 41.7 Å². The molecule has 4 aromatic rings. The molecule has 1 unspecified atom stereocenters. The molecule has 0 spiro atoms. The summed E-state index contributed by atoms with van der Waals surface area (Å²) in [6, 6.07) is 23.3. The van der Waals surface area contributed by atoms with Gasteiger partial charge in [-0.1, -0.05) is 66.2 Å². The molecule has 1 aliphatic rings.